The number of anilines is 2. The molecular formula is C15H25ClN6O5S. The maximum Gasteiger partial charge on any atom is 0.274 e. The molecular weight excluding hydrogens is 412 g/mol. The molecule has 1 aromatic rings. The largest absolute Gasteiger partial charge is 0.470 e. The molecule has 0 aromatic carbocycles. The minimum atomic E-state index is -3.82. The molecule has 0 atom stereocenters. The van der Waals surface area contributed by atoms with Crippen molar-refractivity contribution in [1.29, 1.82) is 0 Å². The Morgan fingerprint density at radius 1 is 1.36 bits per heavy atom. The van der Waals surface area contributed by atoms with E-state index in [0.717, 1.165) is 0 Å². The van der Waals surface area contributed by atoms with Gasteiger partial charge in [0.1, 0.15) is 6.33 Å². The number of piperidine rings is 1. The Morgan fingerprint density at radius 3 is 2.57 bits per heavy atom. The molecule has 0 radical (unpaired) electrons. The van der Waals surface area contributed by atoms with Gasteiger partial charge < -0.3 is 20.1 Å². The van der Waals surface area contributed by atoms with Crippen LogP contribution in [-0.2, 0) is 15.0 Å². The van der Waals surface area contributed by atoms with Crippen LogP contribution in [0.15, 0.2) is 6.33 Å². The van der Waals surface area contributed by atoms with Crippen molar-refractivity contribution in [2.45, 2.75) is 32.3 Å². The van der Waals surface area contributed by atoms with Crippen molar-refractivity contribution >= 4 is 40.2 Å². The summed E-state index contributed by atoms with van der Waals surface area (Å²) in [5.41, 5.74) is -1.64. The van der Waals surface area contributed by atoms with Crippen LogP contribution in [0.3, 0.4) is 0 Å². The lowest BCUT2D eigenvalue weighted by atomic mass is 9.79. The van der Waals surface area contributed by atoms with Crippen LogP contribution in [0.1, 0.15) is 26.7 Å². The molecule has 5 N–H and O–H groups in total. The van der Waals surface area contributed by atoms with Gasteiger partial charge >= 0.3 is 0 Å². The Balaban J connectivity index is 0.00000280. The number of hydrogen-bond donors (Lipinski definition) is 4. The zero-order valence-corrected chi connectivity index (χ0v) is 17.3. The highest BCUT2D eigenvalue weighted by Crippen LogP contribution is 2.41. The monoisotopic (exact) mass is 436 g/mol. The third kappa shape index (κ3) is 4.63. The van der Waals surface area contributed by atoms with Gasteiger partial charge in [-0.25, -0.2) is 19.8 Å². The van der Waals surface area contributed by atoms with Gasteiger partial charge in [-0.05, 0) is 26.7 Å². The van der Waals surface area contributed by atoms with Gasteiger partial charge in [0.2, 0.25) is 5.75 Å². The van der Waals surface area contributed by atoms with Gasteiger partial charge in [0.05, 0.1) is 6.61 Å². The third-order valence-corrected chi connectivity index (χ3v) is 5.58. The summed E-state index contributed by atoms with van der Waals surface area (Å²) in [7, 11) is -3.82. The summed E-state index contributed by atoms with van der Waals surface area (Å²) in [6.07, 6.45) is 2.41. The summed E-state index contributed by atoms with van der Waals surface area (Å²) >= 11 is 0. The number of ether oxygens (including phenoxy) is 1. The van der Waals surface area contributed by atoms with E-state index in [1.54, 1.807) is 13.8 Å². The molecule has 0 spiro atoms. The van der Waals surface area contributed by atoms with Crippen molar-refractivity contribution in [3.8, 4) is 5.75 Å². The molecule has 1 amide bonds. The highest BCUT2D eigenvalue weighted by Gasteiger charge is 2.40. The topological polar surface area (TPSA) is 160 Å². The number of amides is 1. The Morgan fingerprint density at radius 2 is 2.00 bits per heavy atom. The Kier molecular flexibility index (Phi) is 6.40. The number of rotatable bonds is 5. The van der Waals surface area contributed by atoms with E-state index in [4.69, 9.17) is 9.88 Å². The lowest BCUT2D eigenvalue weighted by Crippen LogP contribution is -2.50. The molecule has 13 heteroatoms. The van der Waals surface area contributed by atoms with E-state index >= 15 is 0 Å². The zero-order chi connectivity index (χ0) is 19.9. The molecule has 0 unspecified atom stereocenters. The number of halogens is 1. The first-order chi connectivity index (χ1) is 12.6. The number of nitrogens with two attached hydrogens (primary N) is 1. The second-order valence-corrected chi connectivity index (χ2v) is 8.83. The number of aliphatic hydroxyl groups excluding tert-OH is 1. The fraction of sp³-hybridized carbons (Fsp3) is 0.667. The van der Waals surface area contributed by atoms with Crippen LogP contribution in [0.4, 0.5) is 11.6 Å². The van der Waals surface area contributed by atoms with Crippen LogP contribution >= 0.6 is 12.4 Å². The van der Waals surface area contributed by atoms with Gasteiger partial charge in [-0.2, -0.15) is 8.42 Å². The van der Waals surface area contributed by atoms with E-state index in [1.165, 1.54) is 6.33 Å². The van der Waals surface area contributed by atoms with Crippen molar-refractivity contribution in [1.82, 2.24) is 14.7 Å². The second kappa shape index (κ2) is 7.95. The molecule has 0 aliphatic carbocycles. The highest BCUT2D eigenvalue weighted by molar-refractivity contribution is 7.87. The molecule has 11 nitrogen and oxygen atoms in total. The molecule has 2 aliphatic heterocycles. The number of carbonyl (C=O) groups excluding carboxylic acids is 1. The molecule has 2 aliphatic rings. The van der Waals surface area contributed by atoms with E-state index in [1.807, 2.05) is 4.90 Å². The Hall–Kier alpha value is -1.73. The molecule has 1 saturated heterocycles. The van der Waals surface area contributed by atoms with Gasteiger partial charge in [-0.15, -0.1) is 12.4 Å². The quantitative estimate of drug-likeness (QED) is 0.475. The lowest BCUT2D eigenvalue weighted by molar-refractivity contribution is -0.129. The van der Waals surface area contributed by atoms with Crippen LogP contribution < -0.4 is 24.8 Å². The summed E-state index contributed by atoms with van der Waals surface area (Å²) in [6, 6.07) is 0. The number of hydrogen-bond acceptors (Lipinski definition) is 8. The van der Waals surface area contributed by atoms with E-state index in [2.05, 4.69) is 20.0 Å². The molecule has 28 heavy (non-hydrogen) atoms. The number of carbonyl (C=O) groups is 1. The van der Waals surface area contributed by atoms with Crippen molar-refractivity contribution in [3.63, 3.8) is 0 Å². The summed E-state index contributed by atoms with van der Waals surface area (Å²) in [4.78, 5) is 22.4. The van der Waals surface area contributed by atoms with Gasteiger partial charge in [-0.1, -0.05) is 0 Å². The van der Waals surface area contributed by atoms with Crippen LogP contribution in [0, 0.1) is 5.41 Å². The van der Waals surface area contributed by atoms with Crippen LogP contribution in [-0.4, -0.2) is 61.2 Å². The molecule has 1 aromatic heterocycles. The molecule has 0 saturated carbocycles. The number of aliphatic hydroxyl groups is 1. The molecule has 3 heterocycles. The van der Waals surface area contributed by atoms with E-state index < -0.39 is 21.2 Å². The average Bonchev–Trinajstić information content (AvgIpc) is 2.60. The Bertz CT molecular complexity index is 841. The molecule has 3 rings (SSSR count). The predicted molar refractivity (Wildman–Crippen MR) is 105 cm³/mol. The predicted octanol–water partition coefficient (Wildman–Crippen LogP) is -0.620. The first kappa shape index (κ1) is 22.6. The van der Waals surface area contributed by atoms with Gasteiger partial charge in [0.15, 0.2) is 17.2 Å². The van der Waals surface area contributed by atoms with Crippen molar-refractivity contribution < 1.29 is 23.1 Å². The number of nitrogens with zero attached hydrogens (tertiary/aromatic N) is 3. The highest BCUT2D eigenvalue weighted by atomic mass is 35.5. The molecule has 1 fully saturated rings. The zero-order valence-electron chi connectivity index (χ0n) is 15.6. The maximum absolute atomic E-state index is 12.0. The van der Waals surface area contributed by atoms with E-state index in [-0.39, 0.29) is 31.5 Å². The van der Waals surface area contributed by atoms with Crippen molar-refractivity contribution in [2.24, 2.45) is 10.6 Å². The number of fused-ring (bicyclic) bond motifs is 1. The number of aromatic nitrogens is 2. The second-order valence-electron chi connectivity index (χ2n) is 7.45. The third-order valence-electron chi connectivity index (χ3n) is 5.03. The maximum atomic E-state index is 12.0. The normalized spacial score (nSPS) is 20.4. The smallest absolute Gasteiger partial charge is 0.274 e. The van der Waals surface area contributed by atoms with Gasteiger partial charge in [0.25, 0.3) is 16.1 Å². The first-order valence-electron chi connectivity index (χ1n) is 8.54. The van der Waals surface area contributed by atoms with Crippen LogP contribution in [0.5, 0.6) is 5.75 Å². The van der Waals surface area contributed by atoms with Crippen LogP contribution in [0.25, 0.3) is 0 Å². The van der Waals surface area contributed by atoms with Crippen LogP contribution in [0.2, 0.25) is 0 Å². The minimum absolute atomic E-state index is 0. The summed E-state index contributed by atoms with van der Waals surface area (Å²) in [5, 5.41) is 17.5. The van der Waals surface area contributed by atoms with E-state index in [0.29, 0.717) is 43.3 Å². The van der Waals surface area contributed by atoms with E-state index in [9.17, 15) is 18.3 Å². The fourth-order valence-electron chi connectivity index (χ4n) is 3.17. The van der Waals surface area contributed by atoms with Crippen molar-refractivity contribution in [3.05, 3.63) is 6.33 Å². The average molecular weight is 437 g/mol. The minimum Gasteiger partial charge on any atom is -0.470 e. The number of nitrogens with one attached hydrogen (secondary N) is 2. The lowest BCUT2D eigenvalue weighted by Gasteiger charge is -2.42. The SMILES string of the molecule is CC1(C)Oc2c(ncnc2N2CCC(CO)(CNS(N)(=O)=O)CC2)NC1=O.Cl. The van der Waals surface area contributed by atoms with Gasteiger partial charge in [-0.3, -0.25) is 4.79 Å². The summed E-state index contributed by atoms with van der Waals surface area (Å²) in [5.74, 6) is 0.992. The Labute approximate surface area is 169 Å². The fourth-order valence-corrected chi connectivity index (χ4v) is 3.68. The first-order valence-corrected chi connectivity index (χ1v) is 10.1. The van der Waals surface area contributed by atoms with Gasteiger partial charge in [0, 0.05) is 25.0 Å². The molecule has 0 bridgehead atoms. The van der Waals surface area contributed by atoms with Crippen molar-refractivity contribution in [2.75, 3.05) is 36.5 Å². The summed E-state index contributed by atoms with van der Waals surface area (Å²) in [6.45, 7) is 4.27. The summed E-state index contributed by atoms with van der Waals surface area (Å²) < 4.78 is 30.5. The molecule has 158 valence electrons. The standard InChI is InChI=1S/C15H24N6O5S.ClH/c1-14(2)13(23)20-11-10(26-14)12(18-9-17-11)21-5-3-15(8-22,4-6-21)7-19-27(16,24)25;/h9,19,22H,3-8H2,1-2H3,(H2,16,24,25)(H,17,18,20,23);1H.